The number of pyridine rings is 1. The van der Waals surface area contributed by atoms with Gasteiger partial charge in [-0.05, 0) is 30.3 Å². The molecule has 0 fully saturated rings. The van der Waals surface area contributed by atoms with Crippen LogP contribution in [0.3, 0.4) is 0 Å². The summed E-state index contributed by atoms with van der Waals surface area (Å²) in [6.07, 6.45) is 4.55. The molecule has 8 heteroatoms. The smallest absolute Gasteiger partial charge is 0.248 e. The molecule has 0 unspecified atom stereocenters. The van der Waals surface area contributed by atoms with E-state index in [2.05, 4.69) is 15.3 Å². The van der Waals surface area contributed by atoms with Crippen LogP contribution in [0.1, 0.15) is 12.6 Å². The van der Waals surface area contributed by atoms with Crippen molar-refractivity contribution in [2.24, 2.45) is 0 Å². The molecule has 0 saturated heterocycles. The van der Waals surface area contributed by atoms with Crippen molar-refractivity contribution in [3.63, 3.8) is 0 Å². The molecule has 0 spiro atoms. The third-order valence-electron chi connectivity index (χ3n) is 4.41. The van der Waals surface area contributed by atoms with E-state index in [4.69, 9.17) is 0 Å². The van der Waals surface area contributed by atoms with Crippen molar-refractivity contribution in [3.05, 3.63) is 83.8 Å². The van der Waals surface area contributed by atoms with Crippen molar-refractivity contribution < 1.29 is 14.0 Å². The Bertz CT molecular complexity index is 1300. The van der Waals surface area contributed by atoms with E-state index in [-0.39, 0.29) is 17.5 Å². The first-order valence-corrected chi connectivity index (χ1v) is 10.2. The van der Waals surface area contributed by atoms with Gasteiger partial charge in [-0.1, -0.05) is 30.3 Å². The number of benzene rings is 2. The van der Waals surface area contributed by atoms with Crippen LogP contribution in [0.2, 0.25) is 0 Å². The first kappa shape index (κ1) is 20.4. The van der Waals surface area contributed by atoms with Crippen molar-refractivity contribution in [2.45, 2.75) is 6.92 Å². The molecule has 154 valence electrons. The van der Waals surface area contributed by atoms with E-state index in [1.165, 1.54) is 47.4 Å². The summed E-state index contributed by atoms with van der Waals surface area (Å²) in [5, 5.41) is 5.74. The number of aromatic nitrogens is 2. The van der Waals surface area contributed by atoms with Gasteiger partial charge >= 0.3 is 0 Å². The average Bonchev–Trinajstić information content (AvgIpc) is 3.22. The molecule has 0 bridgehead atoms. The summed E-state index contributed by atoms with van der Waals surface area (Å²) in [6, 6.07) is 15.3. The highest BCUT2D eigenvalue weighted by molar-refractivity contribution is 7.14. The van der Waals surface area contributed by atoms with E-state index in [1.807, 2.05) is 24.3 Å². The lowest BCUT2D eigenvalue weighted by Crippen LogP contribution is -2.23. The molecular formula is C23H17FN4O2S. The van der Waals surface area contributed by atoms with Crippen LogP contribution >= 0.6 is 11.3 Å². The van der Waals surface area contributed by atoms with Gasteiger partial charge in [0, 0.05) is 30.0 Å². The van der Waals surface area contributed by atoms with E-state index in [0.717, 1.165) is 5.39 Å². The van der Waals surface area contributed by atoms with Crippen LogP contribution < -0.4 is 10.2 Å². The highest BCUT2D eigenvalue weighted by Crippen LogP contribution is 2.31. The lowest BCUT2D eigenvalue weighted by Gasteiger charge is -2.18. The number of amides is 2. The first-order chi connectivity index (χ1) is 15.0. The average molecular weight is 432 g/mol. The minimum absolute atomic E-state index is 0.126. The van der Waals surface area contributed by atoms with Crippen molar-refractivity contribution in [1.29, 1.82) is 0 Å². The van der Waals surface area contributed by atoms with Crippen LogP contribution in [0, 0.1) is 5.82 Å². The molecule has 2 aromatic carbocycles. The Morgan fingerprint density at radius 3 is 2.71 bits per heavy atom. The van der Waals surface area contributed by atoms with Crippen LogP contribution in [-0.4, -0.2) is 21.8 Å². The Morgan fingerprint density at radius 1 is 1.10 bits per heavy atom. The predicted octanol–water partition coefficient (Wildman–Crippen LogP) is 5.17. The number of hydrogen-bond donors (Lipinski definition) is 1. The quantitative estimate of drug-likeness (QED) is 0.442. The predicted molar refractivity (Wildman–Crippen MR) is 121 cm³/mol. The summed E-state index contributed by atoms with van der Waals surface area (Å²) in [5.41, 5.74) is 1.91. The zero-order valence-corrected chi connectivity index (χ0v) is 17.3. The van der Waals surface area contributed by atoms with Gasteiger partial charge in [-0.25, -0.2) is 9.37 Å². The van der Waals surface area contributed by atoms with E-state index in [9.17, 15) is 14.0 Å². The minimum Gasteiger partial charge on any atom is -0.321 e. The molecule has 4 aromatic rings. The third kappa shape index (κ3) is 4.49. The fourth-order valence-electron chi connectivity index (χ4n) is 3.04. The van der Waals surface area contributed by atoms with Crippen molar-refractivity contribution in [3.8, 4) is 0 Å². The summed E-state index contributed by atoms with van der Waals surface area (Å²) in [7, 11) is 0. The molecule has 6 nitrogen and oxygen atoms in total. The number of nitrogens with one attached hydrogen (secondary N) is 1. The zero-order chi connectivity index (χ0) is 21.8. The Hall–Kier alpha value is -3.91. The fourth-order valence-corrected chi connectivity index (χ4v) is 3.88. The van der Waals surface area contributed by atoms with Gasteiger partial charge in [0.05, 0.1) is 22.6 Å². The molecule has 0 saturated carbocycles. The number of anilines is 3. The molecule has 31 heavy (non-hydrogen) atoms. The number of hydrogen-bond acceptors (Lipinski definition) is 5. The highest BCUT2D eigenvalue weighted by atomic mass is 32.1. The molecule has 4 rings (SSSR count). The Labute approximate surface area is 181 Å². The van der Waals surface area contributed by atoms with Crippen molar-refractivity contribution in [2.75, 3.05) is 10.2 Å². The summed E-state index contributed by atoms with van der Waals surface area (Å²) in [5.74, 6) is -1.23. The molecule has 2 aromatic heterocycles. The number of nitrogens with zero attached hydrogens (tertiary/aromatic N) is 3. The molecule has 0 atom stereocenters. The van der Waals surface area contributed by atoms with Gasteiger partial charge in [0.25, 0.3) is 0 Å². The minimum atomic E-state index is -0.520. The second-order valence-electron chi connectivity index (χ2n) is 6.56. The van der Waals surface area contributed by atoms with Gasteiger partial charge in [0.2, 0.25) is 11.8 Å². The fraction of sp³-hybridized carbons (Fsp3) is 0.0435. The molecule has 2 amide bonds. The van der Waals surface area contributed by atoms with Crippen LogP contribution in [0.25, 0.3) is 17.0 Å². The third-order valence-corrected chi connectivity index (χ3v) is 5.25. The second kappa shape index (κ2) is 8.85. The Balaban J connectivity index is 1.52. The van der Waals surface area contributed by atoms with Gasteiger partial charge in [-0.2, -0.15) is 0 Å². The monoisotopic (exact) mass is 432 g/mol. The lowest BCUT2D eigenvalue weighted by molar-refractivity contribution is -0.116. The molecular weight excluding hydrogens is 415 g/mol. The number of thiazole rings is 1. The van der Waals surface area contributed by atoms with E-state index in [0.29, 0.717) is 22.0 Å². The topological polar surface area (TPSA) is 75.2 Å². The van der Waals surface area contributed by atoms with Gasteiger partial charge in [0.1, 0.15) is 5.82 Å². The molecule has 0 aliphatic rings. The zero-order valence-electron chi connectivity index (χ0n) is 16.4. The number of halogens is 1. The lowest BCUT2D eigenvalue weighted by atomic mass is 10.2. The first-order valence-electron chi connectivity index (χ1n) is 9.36. The van der Waals surface area contributed by atoms with E-state index in [1.54, 1.807) is 29.8 Å². The molecule has 0 aliphatic heterocycles. The van der Waals surface area contributed by atoms with E-state index < -0.39 is 5.82 Å². The van der Waals surface area contributed by atoms with Crippen LogP contribution in [0.15, 0.2) is 72.3 Å². The summed E-state index contributed by atoms with van der Waals surface area (Å²) in [4.78, 5) is 34.4. The Kier molecular flexibility index (Phi) is 5.81. The molecule has 0 radical (unpaired) electrons. The van der Waals surface area contributed by atoms with Crippen molar-refractivity contribution in [1.82, 2.24) is 9.97 Å². The van der Waals surface area contributed by atoms with Crippen LogP contribution in [0.4, 0.5) is 20.9 Å². The number of fused-ring (bicyclic) bond motifs is 1. The summed E-state index contributed by atoms with van der Waals surface area (Å²) < 4.78 is 14.2. The van der Waals surface area contributed by atoms with Gasteiger partial charge < -0.3 is 5.32 Å². The summed E-state index contributed by atoms with van der Waals surface area (Å²) in [6.45, 7) is 1.34. The Morgan fingerprint density at radius 2 is 1.90 bits per heavy atom. The molecule has 1 N–H and O–H groups in total. The normalized spacial score (nSPS) is 11.0. The number of carbonyl (C=O) groups excluding carboxylic acids is 2. The maximum absolute atomic E-state index is 14.2. The van der Waals surface area contributed by atoms with Crippen LogP contribution in [-0.2, 0) is 9.59 Å². The van der Waals surface area contributed by atoms with E-state index >= 15 is 0 Å². The largest absolute Gasteiger partial charge is 0.321 e. The standard InChI is InChI=1S/C23H17FN4O2S/c1-15(29)28(20-10-3-2-8-18(20)24)23-26-17(14-31-23)11-12-21(30)27-19-9-4-6-16-7-5-13-25-22(16)19/h2-14H,1H3,(H,27,30)/b12-11+. The summed E-state index contributed by atoms with van der Waals surface area (Å²) >= 11 is 1.18. The van der Waals surface area contributed by atoms with Gasteiger partial charge in [0.15, 0.2) is 5.13 Å². The highest BCUT2D eigenvalue weighted by Gasteiger charge is 2.20. The molecule has 2 heterocycles. The van der Waals surface area contributed by atoms with Crippen molar-refractivity contribution >= 4 is 56.6 Å². The number of rotatable bonds is 5. The maximum Gasteiger partial charge on any atom is 0.248 e. The second-order valence-corrected chi connectivity index (χ2v) is 7.40. The maximum atomic E-state index is 14.2. The van der Waals surface area contributed by atoms with Crippen LogP contribution in [0.5, 0.6) is 0 Å². The molecule has 0 aliphatic carbocycles. The van der Waals surface area contributed by atoms with Gasteiger partial charge in [-0.3, -0.25) is 19.5 Å². The number of para-hydroxylation sites is 2. The van der Waals surface area contributed by atoms with Gasteiger partial charge in [-0.15, -0.1) is 11.3 Å². The number of carbonyl (C=O) groups is 2. The SMILES string of the molecule is CC(=O)N(c1nc(/C=C/C(=O)Nc2cccc3cccnc23)cs1)c1ccccc1F.